The number of hydrogen-bond donors (Lipinski definition) is 1. The SMILES string of the molecule is CN=C(NCC1Cc2ccccc2O1)N(C)Cc1cc(Br)cn1C. The van der Waals surface area contributed by atoms with Crippen LogP contribution in [0.2, 0.25) is 0 Å². The molecule has 0 fully saturated rings. The molecule has 24 heavy (non-hydrogen) atoms. The van der Waals surface area contributed by atoms with Gasteiger partial charge in [-0.1, -0.05) is 18.2 Å². The van der Waals surface area contributed by atoms with Gasteiger partial charge < -0.3 is 19.5 Å². The van der Waals surface area contributed by atoms with Crippen molar-refractivity contribution in [3.05, 3.63) is 52.3 Å². The zero-order valence-electron chi connectivity index (χ0n) is 14.3. The molecule has 1 aromatic heterocycles. The summed E-state index contributed by atoms with van der Waals surface area (Å²) >= 11 is 3.51. The van der Waals surface area contributed by atoms with Gasteiger partial charge in [0.15, 0.2) is 5.96 Å². The van der Waals surface area contributed by atoms with Gasteiger partial charge in [-0.25, -0.2) is 0 Å². The summed E-state index contributed by atoms with van der Waals surface area (Å²) in [6, 6.07) is 10.4. The van der Waals surface area contributed by atoms with Gasteiger partial charge in [0.1, 0.15) is 11.9 Å². The smallest absolute Gasteiger partial charge is 0.193 e. The van der Waals surface area contributed by atoms with Gasteiger partial charge in [0.05, 0.1) is 13.1 Å². The summed E-state index contributed by atoms with van der Waals surface area (Å²) in [7, 11) is 5.90. The van der Waals surface area contributed by atoms with Gasteiger partial charge >= 0.3 is 0 Å². The van der Waals surface area contributed by atoms with E-state index in [1.54, 1.807) is 0 Å². The molecule has 0 radical (unpaired) electrons. The molecule has 1 atom stereocenters. The van der Waals surface area contributed by atoms with Gasteiger partial charge in [0.25, 0.3) is 0 Å². The number of ether oxygens (including phenoxy) is 1. The van der Waals surface area contributed by atoms with Crippen LogP contribution in [0.3, 0.4) is 0 Å². The highest BCUT2D eigenvalue weighted by molar-refractivity contribution is 9.10. The largest absolute Gasteiger partial charge is 0.488 e. The summed E-state index contributed by atoms with van der Waals surface area (Å²) in [5.74, 6) is 1.87. The average molecular weight is 391 g/mol. The molecule has 0 spiro atoms. The molecule has 0 amide bonds. The molecule has 0 bridgehead atoms. The number of hydrogen-bond acceptors (Lipinski definition) is 2. The van der Waals surface area contributed by atoms with Crippen molar-refractivity contribution in [2.24, 2.45) is 12.0 Å². The maximum Gasteiger partial charge on any atom is 0.193 e. The fourth-order valence-corrected chi connectivity index (χ4v) is 3.57. The van der Waals surface area contributed by atoms with Crippen molar-refractivity contribution in [1.82, 2.24) is 14.8 Å². The van der Waals surface area contributed by atoms with E-state index in [0.717, 1.165) is 35.7 Å². The van der Waals surface area contributed by atoms with Crippen LogP contribution in [0.25, 0.3) is 0 Å². The molecule has 128 valence electrons. The molecule has 5 nitrogen and oxygen atoms in total. The van der Waals surface area contributed by atoms with E-state index in [-0.39, 0.29) is 6.10 Å². The standard InChI is InChI=1S/C18H23BrN4O/c1-20-18(23(3)12-15-9-14(19)11-22(15)2)21-10-16-8-13-6-4-5-7-17(13)24-16/h4-7,9,11,16H,8,10,12H2,1-3H3,(H,20,21). The van der Waals surface area contributed by atoms with E-state index in [1.807, 2.05) is 33.3 Å². The molecule has 2 heterocycles. The summed E-state index contributed by atoms with van der Waals surface area (Å²) in [6.45, 7) is 1.52. The van der Waals surface area contributed by atoms with E-state index >= 15 is 0 Å². The molecular weight excluding hydrogens is 368 g/mol. The lowest BCUT2D eigenvalue weighted by atomic mass is 10.1. The highest BCUT2D eigenvalue weighted by Gasteiger charge is 2.22. The second-order valence-electron chi connectivity index (χ2n) is 6.10. The highest BCUT2D eigenvalue weighted by Crippen LogP contribution is 2.27. The first-order chi connectivity index (χ1) is 11.6. The Hall–Kier alpha value is -1.95. The number of benzene rings is 1. The van der Waals surface area contributed by atoms with Crippen molar-refractivity contribution < 1.29 is 4.74 Å². The van der Waals surface area contributed by atoms with Crippen molar-refractivity contribution >= 4 is 21.9 Å². The number of guanidine groups is 1. The van der Waals surface area contributed by atoms with Gasteiger partial charge in [-0.05, 0) is 33.6 Å². The Labute approximate surface area is 151 Å². The first-order valence-corrected chi connectivity index (χ1v) is 8.83. The van der Waals surface area contributed by atoms with E-state index in [0.29, 0.717) is 0 Å². The molecule has 0 aliphatic carbocycles. The minimum atomic E-state index is 0.150. The molecule has 3 rings (SSSR count). The van der Waals surface area contributed by atoms with Crippen LogP contribution in [0.5, 0.6) is 5.75 Å². The van der Waals surface area contributed by atoms with E-state index in [1.165, 1.54) is 11.3 Å². The van der Waals surface area contributed by atoms with Crippen LogP contribution < -0.4 is 10.1 Å². The molecule has 0 saturated heterocycles. The lowest BCUT2D eigenvalue weighted by Crippen LogP contribution is -2.43. The predicted octanol–water partition coefficient (Wildman–Crippen LogP) is 2.80. The topological polar surface area (TPSA) is 41.8 Å². The lowest BCUT2D eigenvalue weighted by molar-refractivity contribution is 0.233. The normalized spacial score (nSPS) is 16.7. The summed E-state index contributed by atoms with van der Waals surface area (Å²) in [5, 5.41) is 3.42. The number of para-hydroxylation sites is 1. The van der Waals surface area contributed by atoms with Gasteiger partial charge in [0.2, 0.25) is 0 Å². The van der Waals surface area contributed by atoms with Crippen LogP contribution >= 0.6 is 15.9 Å². The fraction of sp³-hybridized carbons (Fsp3) is 0.389. The van der Waals surface area contributed by atoms with Gasteiger partial charge in [0, 0.05) is 43.9 Å². The second kappa shape index (κ2) is 7.30. The van der Waals surface area contributed by atoms with Gasteiger partial charge in [-0.3, -0.25) is 4.99 Å². The van der Waals surface area contributed by atoms with Crippen molar-refractivity contribution in [3.63, 3.8) is 0 Å². The summed E-state index contributed by atoms with van der Waals surface area (Å²) in [6.07, 6.45) is 3.15. The molecular formula is C18H23BrN4O. The Morgan fingerprint density at radius 2 is 2.25 bits per heavy atom. The summed E-state index contributed by atoms with van der Waals surface area (Å²) in [4.78, 5) is 6.50. The number of halogens is 1. The molecule has 1 aliphatic heterocycles. The van der Waals surface area contributed by atoms with E-state index in [9.17, 15) is 0 Å². The number of aryl methyl sites for hydroxylation is 1. The zero-order valence-corrected chi connectivity index (χ0v) is 15.9. The minimum absolute atomic E-state index is 0.150. The highest BCUT2D eigenvalue weighted by atomic mass is 79.9. The quantitative estimate of drug-likeness (QED) is 0.644. The Kier molecular flexibility index (Phi) is 5.14. The van der Waals surface area contributed by atoms with Gasteiger partial charge in [-0.2, -0.15) is 0 Å². The van der Waals surface area contributed by atoms with Crippen LogP contribution in [0.4, 0.5) is 0 Å². The van der Waals surface area contributed by atoms with Crippen LogP contribution in [-0.2, 0) is 20.0 Å². The minimum Gasteiger partial charge on any atom is -0.488 e. The number of fused-ring (bicyclic) bond motifs is 1. The third-order valence-electron chi connectivity index (χ3n) is 4.25. The summed E-state index contributed by atoms with van der Waals surface area (Å²) < 4.78 is 9.18. The zero-order chi connectivity index (χ0) is 17.1. The predicted molar refractivity (Wildman–Crippen MR) is 101 cm³/mol. The van der Waals surface area contributed by atoms with Gasteiger partial charge in [-0.15, -0.1) is 0 Å². The number of aromatic nitrogens is 1. The third kappa shape index (κ3) is 3.75. The number of nitrogens with zero attached hydrogens (tertiary/aromatic N) is 3. The Balaban J connectivity index is 1.55. The third-order valence-corrected chi connectivity index (χ3v) is 4.68. The molecule has 1 unspecified atom stereocenters. The molecule has 6 heteroatoms. The van der Waals surface area contributed by atoms with Crippen molar-refractivity contribution in [2.75, 3.05) is 20.6 Å². The lowest BCUT2D eigenvalue weighted by Gasteiger charge is -2.23. The van der Waals surface area contributed by atoms with Crippen molar-refractivity contribution in [3.8, 4) is 5.75 Å². The first kappa shape index (κ1) is 16.9. The first-order valence-electron chi connectivity index (χ1n) is 8.04. The molecule has 1 aromatic carbocycles. The van der Waals surface area contributed by atoms with Crippen LogP contribution in [0.1, 0.15) is 11.3 Å². The van der Waals surface area contributed by atoms with Crippen molar-refractivity contribution in [2.45, 2.75) is 19.1 Å². The summed E-state index contributed by atoms with van der Waals surface area (Å²) in [5.41, 5.74) is 2.50. The Morgan fingerprint density at radius 1 is 1.46 bits per heavy atom. The molecule has 0 saturated carbocycles. The second-order valence-corrected chi connectivity index (χ2v) is 7.01. The van der Waals surface area contributed by atoms with Crippen molar-refractivity contribution in [1.29, 1.82) is 0 Å². The van der Waals surface area contributed by atoms with Crippen LogP contribution in [0, 0.1) is 0 Å². The van der Waals surface area contributed by atoms with Crippen LogP contribution in [0.15, 0.2) is 46.0 Å². The Bertz CT molecular complexity index is 715. The maximum absolute atomic E-state index is 5.98. The molecule has 2 aromatic rings. The fourth-order valence-electron chi connectivity index (χ4n) is 3.00. The van der Waals surface area contributed by atoms with E-state index in [4.69, 9.17) is 4.74 Å². The Morgan fingerprint density at radius 3 is 2.92 bits per heavy atom. The average Bonchev–Trinajstić information content (AvgIpc) is 3.10. The van der Waals surface area contributed by atoms with Crippen LogP contribution in [-0.4, -0.2) is 42.2 Å². The monoisotopic (exact) mass is 390 g/mol. The number of nitrogens with one attached hydrogen (secondary N) is 1. The molecule has 1 aliphatic rings. The number of aliphatic imine (C=N–C) groups is 1. The van der Waals surface area contributed by atoms with E-state index in [2.05, 4.69) is 60.1 Å². The molecule has 1 N–H and O–H groups in total. The number of rotatable bonds is 4. The van der Waals surface area contributed by atoms with E-state index < -0.39 is 0 Å². The maximum atomic E-state index is 5.98.